The number of aliphatic imine (C=N–C) groups is 1. The monoisotopic (exact) mass is 237 g/mol. The van der Waals surface area contributed by atoms with E-state index in [0.29, 0.717) is 0 Å². The van der Waals surface area contributed by atoms with Gasteiger partial charge in [-0.05, 0) is 38.3 Å². The molecule has 1 aliphatic heterocycles. The van der Waals surface area contributed by atoms with Gasteiger partial charge in [0.2, 0.25) is 0 Å². The Balaban J connectivity index is 2.69. The average Bonchev–Trinajstić information content (AvgIpc) is 2.25. The van der Waals surface area contributed by atoms with Crippen LogP contribution in [-0.4, -0.2) is 12.3 Å². The molecular weight excluding hydrogens is 218 g/mol. The van der Waals surface area contributed by atoms with Crippen LogP contribution in [0.4, 0.5) is 0 Å². The van der Waals surface area contributed by atoms with Gasteiger partial charge in [0, 0.05) is 11.2 Å². The van der Waals surface area contributed by atoms with Gasteiger partial charge in [-0.2, -0.15) is 0 Å². The molecule has 1 heterocycles. The van der Waals surface area contributed by atoms with E-state index in [1.54, 1.807) is 12.3 Å². The van der Waals surface area contributed by atoms with Crippen LogP contribution in [0.1, 0.15) is 40.0 Å². The molecule has 1 nitrogen and oxygen atoms in total. The van der Waals surface area contributed by atoms with Crippen molar-refractivity contribution in [1.82, 2.24) is 0 Å². The van der Waals surface area contributed by atoms with Gasteiger partial charge in [0.15, 0.2) is 0 Å². The Kier molecular flexibility index (Phi) is 5.01. The summed E-state index contributed by atoms with van der Waals surface area (Å²) in [6, 6.07) is 0.129. The minimum Gasteiger partial charge on any atom is -0.285 e. The van der Waals surface area contributed by atoms with Crippen LogP contribution in [-0.2, 0) is 0 Å². The molecule has 0 saturated carbocycles. The van der Waals surface area contributed by atoms with Crippen molar-refractivity contribution in [3.05, 3.63) is 34.4 Å². The minimum absolute atomic E-state index is 0.129. The fourth-order valence-corrected chi connectivity index (χ4v) is 1.98. The maximum absolute atomic E-state index is 6.04. The number of dihydropyridines is 1. The largest absolute Gasteiger partial charge is 0.285 e. The predicted octanol–water partition coefficient (Wildman–Crippen LogP) is 4.64. The molecule has 1 atom stereocenters. The molecule has 2 heteroatoms. The van der Waals surface area contributed by atoms with E-state index in [9.17, 15) is 0 Å². The van der Waals surface area contributed by atoms with Crippen molar-refractivity contribution in [2.45, 2.75) is 46.1 Å². The second kappa shape index (κ2) is 6.05. The molecule has 0 bridgehead atoms. The molecule has 1 aliphatic rings. The molecule has 0 aromatic rings. The maximum atomic E-state index is 6.04. The average molecular weight is 238 g/mol. The summed E-state index contributed by atoms with van der Waals surface area (Å²) in [6.45, 7) is 10.6. The lowest BCUT2D eigenvalue weighted by molar-refractivity contribution is 0.754. The van der Waals surface area contributed by atoms with E-state index in [4.69, 9.17) is 11.6 Å². The van der Waals surface area contributed by atoms with E-state index < -0.39 is 0 Å². The number of halogens is 1. The Labute approximate surface area is 104 Å². The van der Waals surface area contributed by atoms with E-state index in [2.05, 4.69) is 32.3 Å². The van der Waals surface area contributed by atoms with Gasteiger partial charge in [-0.15, -0.1) is 0 Å². The first kappa shape index (κ1) is 13.2. The smallest absolute Gasteiger partial charge is 0.0794 e. The highest BCUT2D eigenvalue weighted by Gasteiger charge is 2.17. The van der Waals surface area contributed by atoms with Crippen LogP contribution < -0.4 is 0 Å². The summed E-state index contributed by atoms with van der Waals surface area (Å²) in [5.74, 6) is 0. The molecule has 0 amide bonds. The fraction of sp³-hybridized carbons (Fsp3) is 0.500. The molecular formula is C14H20ClN. The van der Waals surface area contributed by atoms with Crippen molar-refractivity contribution in [3.8, 4) is 0 Å². The number of hydrogen-bond acceptors (Lipinski definition) is 1. The molecule has 0 aromatic heterocycles. The molecule has 1 rings (SSSR count). The minimum atomic E-state index is 0.129. The summed E-state index contributed by atoms with van der Waals surface area (Å²) in [7, 11) is 0. The van der Waals surface area contributed by atoms with Gasteiger partial charge in [0.25, 0.3) is 0 Å². The van der Waals surface area contributed by atoms with Crippen molar-refractivity contribution < 1.29 is 0 Å². The van der Waals surface area contributed by atoms with Crippen LogP contribution in [0.2, 0.25) is 0 Å². The summed E-state index contributed by atoms with van der Waals surface area (Å²) >= 11 is 6.04. The van der Waals surface area contributed by atoms with E-state index in [0.717, 1.165) is 23.4 Å². The topological polar surface area (TPSA) is 12.4 Å². The molecule has 16 heavy (non-hydrogen) atoms. The normalized spacial score (nSPS) is 21.9. The third-order valence-corrected chi connectivity index (χ3v) is 3.42. The maximum Gasteiger partial charge on any atom is 0.0794 e. The first-order valence-electron chi connectivity index (χ1n) is 5.79. The molecule has 88 valence electrons. The summed E-state index contributed by atoms with van der Waals surface area (Å²) in [6.07, 6.45) is 6.88. The van der Waals surface area contributed by atoms with E-state index >= 15 is 0 Å². The van der Waals surface area contributed by atoms with Crippen molar-refractivity contribution in [2.75, 3.05) is 0 Å². The lowest BCUT2D eigenvalue weighted by Crippen LogP contribution is -2.12. The summed E-state index contributed by atoms with van der Waals surface area (Å²) in [5, 5.41) is 0.737. The standard InChI is InChI=1S/C14H20ClN/c1-5-6-10(2)11(3)9-14-12(4)13(15)7-8-16-14/h7-8,14H,4-6,9H2,1-3H3/b11-10+/t14-/m0/s1. The number of nitrogens with zero attached hydrogens (tertiary/aromatic N) is 1. The molecule has 0 N–H and O–H groups in total. The molecule has 0 spiro atoms. The highest BCUT2D eigenvalue weighted by Crippen LogP contribution is 2.27. The number of allylic oxidation sites excluding steroid dienone is 2. The van der Waals surface area contributed by atoms with E-state index in [-0.39, 0.29) is 6.04 Å². The quantitative estimate of drug-likeness (QED) is 0.632. The van der Waals surface area contributed by atoms with Crippen LogP contribution in [0.25, 0.3) is 0 Å². The number of hydrogen-bond donors (Lipinski definition) is 0. The lowest BCUT2D eigenvalue weighted by Gasteiger charge is -2.19. The molecule has 0 radical (unpaired) electrons. The van der Waals surface area contributed by atoms with Gasteiger partial charge in [-0.3, -0.25) is 4.99 Å². The van der Waals surface area contributed by atoms with Gasteiger partial charge in [-0.1, -0.05) is 42.7 Å². The molecule has 0 aliphatic carbocycles. The summed E-state index contributed by atoms with van der Waals surface area (Å²) in [5.41, 5.74) is 3.82. The summed E-state index contributed by atoms with van der Waals surface area (Å²) < 4.78 is 0. The Morgan fingerprint density at radius 2 is 2.12 bits per heavy atom. The van der Waals surface area contributed by atoms with Crippen LogP contribution in [0.3, 0.4) is 0 Å². The second-order valence-corrected chi connectivity index (χ2v) is 4.78. The van der Waals surface area contributed by atoms with Gasteiger partial charge < -0.3 is 0 Å². The van der Waals surface area contributed by atoms with Gasteiger partial charge in [0.05, 0.1) is 6.04 Å². The zero-order valence-electron chi connectivity index (χ0n) is 10.4. The zero-order chi connectivity index (χ0) is 12.1. The summed E-state index contributed by atoms with van der Waals surface area (Å²) in [4.78, 5) is 4.42. The van der Waals surface area contributed by atoms with Crippen LogP contribution >= 0.6 is 11.6 Å². The van der Waals surface area contributed by atoms with Crippen LogP contribution in [0, 0.1) is 0 Å². The van der Waals surface area contributed by atoms with E-state index in [1.165, 1.54) is 17.6 Å². The zero-order valence-corrected chi connectivity index (χ0v) is 11.1. The SMILES string of the molecule is C=C1C(Cl)=CC=N[C@H]1C/C(C)=C(\C)CCC. The molecule has 0 fully saturated rings. The Morgan fingerprint density at radius 3 is 2.75 bits per heavy atom. The highest BCUT2D eigenvalue weighted by atomic mass is 35.5. The van der Waals surface area contributed by atoms with Crippen molar-refractivity contribution in [2.24, 2.45) is 4.99 Å². The molecule has 0 aromatic carbocycles. The van der Waals surface area contributed by atoms with Gasteiger partial charge in [0.1, 0.15) is 0 Å². The number of rotatable bonds is 4. The Bertz CT molecular complexity index is 361. The third-order valence-electron chi connectivity index (χ3n) is 3.05. The highest BCUT2D eigenvalue weighted by molar-refractivity contribution is 6.33. The van der Waals surface area contributed by atoms with Gasteiger partial charge in [-0.25, -0.2) is 0 Å². The van der Waals surface area contributed by atoms with Crippen molar-refractivity contribution in [1.29, 1.82) is 0 Å². The first-order chi connectivity index (χ1) is 7.56. The predicted molar refractivity (Wildman–Crippen MR) is 73.3 cm³/mol. The molecule has 0 saturated heterocycles. The second-order valence-electron chi connectivity index (χ2n) is 4.37. The van der Waals surface area contributed by atoms with Crippen LogP contribution in [0.15, 0.2) is 39.4 Å². The Hall–Kier alpha value is -0.820. The van der Waals surface area contributed by atoms with Crippen molar-refractivity contribution in [3.63, 3.8) is 0 Å². The van der Waals surface area contributed by atoms with Crippen LogP contribution in [0.5, 0.6) is 0 Å². The van der Waals surface area contributed by atoms with E-state index in [1.807, 2.05) is 0 Å². The van der Waals surface area contributed by atoms with Gasteiger partial charge >= 0.3 is 0 Å². The fourth-order valence-electron chi connectivity index (χ4n) is 1.80. The van der Waals surface area contributed by atoms with Crippen molar-refractivity contribution >= 4 is 17.8 Å². The third kappa shape index (κ3) is 3.34. The Morgan fingerprint density at radius 1 is 1.44 bits per heavy atom. The molecule has 0 unspecified atom stereocenters. The lowest BCUT2D eigenvalue weighted by atomic mass is 9.95. The first-order valence-corrected chi connectivity index (χ1v) is 6.17.